The maximum Gasteiger partial charge on any atom is 0.258 e. The monoisotopic (exact) mass is 241 g/mol. The second kappa shape index (κ2) is 5.18. The summed E-state index contributed by atoms with van der Waals surface area (Å²) in [6, 6.07) is 8.34. The average Bonchev–Trinajstić information content (AvgIpc) is 2.39. The summed E-state index contributed by atoms with van der Waals surface area (Å²) < 4.78 is 0. The predicted molar refractivity (Wildman–Crippen MR) is 68.8 cm³/mol. The van der Waals surface area contributed by atoms with E-state index in [2.05, 4.69) is 15.5 Å². The van der Waals surface area contributed by atoms with Crippen LogP contribution in [0.2, 0.25) is 0 Å². The number of rotatable bonds is 3. The van der Waals surface area contributed by atoms with Crippen LogP contribution < -0.4 is 5.32 Å². The number of nitrogens with one attached hydrogen (secondary N) is 1. The maximum absolute atomic E-state index is 12.0. The molecule has 0 bridgehead atoms. The summed E-state index contributed by atoms with van der Waals surface area (Å²) in [4.78, 5) is 26.5. The van der Waals surface area contributed by atoms with Crippen LogP contribution in [0.3, 0.4) is 0 Å². The van der Waals surface area contributed by atoms with E-state index in [-0.39, 0.29) is 17.2 Å². The Hall–Kier alpha value is -2.56. The first kappa shape index (κ1) is 11.9. The summed E-state index contributed by atoms with van der Waals surface area (Å²) >= 11 is 0. The molecule has 0 aliphatic carbocycles. The Kier molecular flexibility index (Phi) is 3.43. The summed E-state index contributed by atoms with van der Waals surface area (Å²) in [5, 5.41) is 5.52. The maximum atomic E-state index is 12.0. The topological polar surface area (TPSA) is 71.4 Å². The molecule has 0 fully saturated rings. The summed E-state index contributed by atoms with van der Waals surface area (Å²) in [5.74, 6) is -0.377. The van der Waals surface area contributed by atoms with Crippen LogP contribution in [-0.4, -0.2) is 10.9 Å². The van der Waals surface area contributed by atoms with E-state index < -0.39 is 0 Å². The van der Waals surface area contributed by atoms with Crippen molar-refractivity contribution in [3.8, 4) is 0 Å². The molecular weight excluding hydrogens is 230 g/mol. The highest BCUT2D eigenvalue weighted by atomic mass is 16.3. The van der Waals surface area contributed by atoms with Crippen molar-refractivity contribution in [2.75, 3.05) is 5.32 Å². The number of pyridine rings is 1. The van der Waals surface area contributed by atoms with Crippen molar-refractivity contribution in [3.05, 3.63) is 58.8 Å². The highest BCUT2D eigenvalue weighted by Gasteiger charge is 2.12. The Morgan fingerprint density at radius 1 is 1.33 bits per heavy atom. The first-order valence-electron chi connectivity index (χ1n) is 5.36. The van der Waals surface area contributed by atoms with Gasteiger partial charge in [-0.25, -0.2) is 0 Å². The minimum atomic E-state index is -0.377. The molecule has 0 aliphatic rings. The van der Waals surface area contributed by atoms with Gasteiger partial charge in [0.1, 0.15) is 5.69 Å². The number of aromatic nitrogens is 1. The highest BCUT2D eigenvalue weighted by Crippen LogP contribution is 2.21. The number of aryl methyl sites for hydroxylation is 1. The van der Waals surface area contributed by atoms with Gasteiger partial charge in [-0.05, 0) is 41.9 Å². The predicted octanol–water partition coefficient (Wildman–Crippen LogP) is 3.04. The van der Waals surface area contributed by atoms with Gasteiger partial charge in [-0.3, -0.25) is 9.78 Å². The third-order valence-corrected chi connectivity index (χ3v) is 2.42. The van der Waals surface area contributed by atoms with Gasteiger partial charge in [-0.2, -0.15) is 0 Å². The quantitative estimate of drug-likeness (QED) is 0.839. The van der Waals surface area contributed by atoms with Crippen LogP contribution in [0, 0.1) is 11.8 Å². The Morgan fingerprint density at radius 3 is 2.83 bits per heavy atom. The first-order chi connectivity index (χ1) is 8.70. The summed E-state index contributed by atoms with van der Waals surface area (Å²) in [7, 11) is 0. The van der Waals surface area contributed by atoms with Gasteiger partial charge in [0.2, 0.25) is 0 Å². The molecule has 18 heavy (non-hydrogen) atoms. The first-order valence-corrected chi connectivity index (χ1v) is 5.36. The zero-order valence-electron chi connectivity index (χ0n) is 9.75. The molecule has 1 amide bonds. The number of carbonyl (C=O) groups is 1. The number of anilines is 1. The minimum Gasteiger partial charge on any atom is -0.321 e. The molecule has 1 heterocycles. The lowest BCUT2D eigenvalue weighted by molar-refractivity contribution is 0.102. The van der Waals surface area contributed by atoms with Gasteiger partial charge in [-0.1, -0.05) is 6.07 Å². The highest BCUT2D eigenvalue weighted by molar-refractivity contribution is 6.07. The lowest BCUT2D eigenvalue weighted by Crippen LogP contribution is -2.12. The third kappa shape index (κ3) is 2.57. The van der Waals surface area contributed by atoms with Crippen molar-refractivity contribution in [1.29, 1.82) is 0 Å². The Bertz CT molecular complexity index is 582. The molecular formula is C13H11N3O2. The molecule has 1 aromatic carbocycles. The van der Waals surface area contributed by atoms with Gasteiger partial charge in [0.05, 0.1) is 17.4 Å². The Labute approximate surface area is 104 Å². The van der Waals surface area contributed by atoms with Crippen LogP contribution >= 0.6 is 0 Å². The molecule has 0 radical (unpaired) electrons. The van der Waals surface area contributed by atoms with E-state index >= 15 is 0 Å². The standard InChI is InChI=1S/C13H11N3O2/c1-9-4-5-11(12(7-9)16-18)13(17)15-10-3-2-6-14-8-10/h2-8H,1H3,(H,15,17). The van der Waals surface area contributed by atoms with Crippen molar-refractivity contribution < 1.29 is 4.79 Å². The lowest BCUT2D eigenvalue weighted by Gasteiger charge is -2.06. The number of hydrogen-bond donors (Lipinski definition) is 1. The molecule has 0 atom stereocenters. The molecule has 0 aliphatic heterocycles. The minimum absolute atomic E-state index is 0.136. The van der Waals surface area contributed by atoms with E-state index in [1.807, 2.05) is 6.92 Å². The van der Waals surface area contributed by atoms with Gasteiger partial charge in [0, 0.05) is 6.20 Å². The normalized spacial score (nSPS) is 9.83. The molecule has 5 heteroatoms. The Morgan fingerprint density at radius 2 is 2.17 bits per heavy atom. The van der Waals surface area contributed by atoms with Crippen molar-refractivity contribution in [1.82, 2.24) is 4.98 Å². The number of nitroso groups, excluding NO2 is 1. The molecule has 2 rings (SSSR count). The largest absolute Gasteiger partial charge is 0.321 e. The van der Waals surface area contributed by atoms with E-state index in [0.29, 0.717) is 5.69 Å². The van der Waals surface area contributed by atoms with Crippen LogP contribution in [0.1, 0.15) is 15.9 Å². The Balaban J connectivity index is 2.27. The molecule has 0 saturated carbocycles. The van der Waals surface area contributed by atoms with E-state index in [4.69, 9.17) is 0 Å². The van der Waals surface area contributed by atoms with Crippen molar-refractivity contribution in [2.45, 2.75) is 6.92 Å². The van der Waals surface area contributed by atoms with Crippen LogP contribution in [0.5, 0.6) is 0 Å². The summed E-state index contributed by atoms with van der Waals surface area (Å²) in [6.45, 7) is 1.83. The fraction of sp³-hybridized carbons (Fsp3) is 0.0769. The number of carbonyl (C=O) groups excluding carboxylic acids is 1. The van der Waals surface area contributed by atoms with Crippen LogP contribution in [0.15, 0.2) is 47.9 Å². The second-order valence-corrected chi connectivity index (χ2v) is 3.81. The van der Waals surface area contributed by atoms with Gasteiger partial charge < -0.3 is 5.32 Å². The fourth-order valence-electron chi connectivity index (χ4n) is 1.54. The summed E-state index contributed by atoms with van der Waals surface area (Å²) in [5.41, 5.74) is 1.83. The van der Waals surface area contributed by atoms with Crippen LogP contribution in [0.25, 0.3) is 0 Å². The van der Waals surface area contributed by atoms with E-state index in [0.717, 1.165) is 5.56 Å². The smallest absolute Gasteiger partial charge is 0.258 e. The number of amides is 1. The molecule has 0 spiro atoms. The van der Waals surface area contributed by atoms with E-state index in [1.165, 1.54) is 6.20 Å². The molecule has 90 valence electrons. The van der Waals surface area contributed by atoms with Gasteiger partial charge in [0.25, 0.3) is 5.91 Å². The number of benzene rings is 1. The molecule has 1 aromatic heterocycles. The zero-order valence-corrected chi connectivity index (χ0v) is 9.75. The molecule has 1 N–H and O–H groups in total. The van der Waals surface area contributed by atoms with Crippen LogP contribution in [0.4, 0.5) is 11.4 Å². The summed E-state index contributed by atoms with van der Waals surface area (Å²) in [6.07, 6.45) is 3.14. The second-order valence-electron chi connectivity index (χ2n) is 3.81. The fourth-order valence-corrected chi connectivity index (χ4v) is 1.54. The number of hydrogen-bond acceptors (Lipinski definition) is 4. The van der Waals surface area contributed by atoms with Crippen molar-refractivity contribution >= 4 is 17.3 Å². The van der Waals surface area contributed by atoms with Gasteiger partial charge >= 0.3 is 0 Å². The van der Waals surface area contributed by atoms with Gasteiger partial charge in [0.15, 0.2) is 0 Å². The van der Waals surface area contributed by atoms with Crippen molar-refractivity contribution in [3.63, 3.8) is 0 Å². The van der Waals surface area contributed by atoms with Gasteiger partial charge in [-0.15, -0.1) is 4.91 Å². The SMILES string of the molecule is Cc1ccc(C(=O)Nc2cccnc2)c(N=O)c1. The molecule has 0 unspecified atom stereocenters. The average molecular weight is 241 g/mol. The van der Waals surface area contributed by atoms with Crippen LogP contribution in [-0.2, 0) is 0 Å². The molecule has 5 nitrogen and oxygen atoms in total. The lowest BCUT2D eigenvalue weighted by atomic mass is 10.1. The van der Waals surface area contributed by atoms with E-state index in [1.54, 1.807) is 36.5 Å². The molecule has 0 saturated heterocycles. The molecule has 2 aromatic rings. The third-order valence-electron chi connectivity index (χ3n) is 2.42. The number of nitrogens with zero attached hydrogens (tertiary/aromatic N) is 2. The van der Waals surface area contributed by atoms with Crippen molar-refractivity contribution in [2.24, 2.45) is 5.18 Å². The zero-order chi connectivity index (χ0) is 13.0. The van der Waals surface area contributed by atoms with E-state index in [9.17, 15) is 9.70 Å².